The number of carbonyl (C=O) groups is 1. The number of aromatic nitrogens is 1. The molecule has 0 unspecified atom stereocenters. The number of azo groups is 1. The highest BCUT2D eigenvalue weighted by Crippen LogP contribution is 2.33. The molecule has 2 N–H and O–H groups in total. The fraction of sp³-hybridized carbons (Fsp3) is 0.0588. The Labute approximate surface area is 174 Å². The molecule has 0 fully saturated rings. The minimum atomic E-state index is -3.82. The monoisotopic (exact) mass is 446 g/mol. The second kappa shape index (κ2) is 8.75. The first kappa shape index (κ1) is 21.0. The smallest absolute Gasteiger partial charge is 0.324 e. The molecule has 13 heteroatoms. The van der Waals surface area contributed by atoms with Gasteiger partial charge in [0.05, 0.1) is 21.2 Å². The Morgan fingerprint density at radius 3 is 2.53 bits per heavy atom. The molecule has 0 aliphatic rings. The number of hydrogen-bond donors (Lipinski definition) is 2. The van der Waals surface area contributed by atoms with Crippen LogP contribution >= 0.6 is 11.3 Å². The zero-order valence-corrected chi connectivity index (χ0v) is 17.0. The number of carbonyl (C=O) groups excluding carboxylic acids is 1. The molecule has 3 rings (SSSR count). The van der Waals surface area contributed by atoms with Crippen LogP contribution in [0.4, 0.5) is 27.2 Å². The van der Waals surface area contributed by atoms with Crippen molar-refractivity contribution < 1.29 is 18.1 Å². The molecular weight excluding hydrogens is 432 g/mol. The zero-order valence-electron chi connectivity index (χ0n) is 15.3. The maximum absolute atomic E-state index is 12.5. The molecule has 30 heavy (non-hydrogen) atoms. The van der Waals surface area contributed by atoms with Gasteiger partial charge in [-0.2, -0.15) is 0 Å². The van der Waals surface area contributed by atoms with E-state index >= 15 is 0 Å². The summed E-state index contributed by atoms with van der Waals surface area (Å²) in [4.78, 5) is 25.5. The largest absolute Gasteiger partial charge is 0.345 e. The van der Waals surface area contributed by atoms with Crippen molar-refractivity contribution in [2.75, 3.05) is 10.0 Å². The minimum absolute atomic E-state index is 0.0596. The molecule has 3 aromatic rings. The highest BCUT2D eigenvalue weighted by Gasteiger charge is 2.15. The van der Waals surface area contributed by atoms with E-state index in [-0.39, 0.29) is 32.1 Å². The molecule has 0 aliphatic carbocycles. The second-order valence-electron chi connectivity index (χ2n) is 5.77. The van der Waals surface area contributed by atoms with Crippen molar-refractivity contribution in [1.82, 2.24) is 4.98 Å². The number of nitrogens with one attached hydrogen (secondary N) is 2. The van der Waals surface area contributed by atoms with Gasteiger partial charge in [-0.1, -0.05) is 18.2 Å². The highest BCUT2D eigenvalue weighted by atomic mass is 32.2. The van der Waals surface area contributed by atoms with Gasteiger partial charge in [0, 0.05) is 6.92 Å². The zero-order chi connectivity index (χ0) is 21.7. The fourth-order valence-electron chi connectivity index (χ4n) is 2.27. The number of nitro groups is 1. The number of hydrogen-bond acceptors (Lipinski definition) is 9. The Hall–Kier alpha value is -3.71. The quantitative estimate of drug-likeness (QED) is 0.314. The van der Waals surface area contributed by atoms with E-state index in [9.17, 15) is 23.3 Å². The van der Waals surface area contributed by atoms with Crippen molar-refractivity contribution in [2.45, 2.75) is 11.8 Å². The summed E-state index contributed by atoms with van der Waals surface area (Å²) in [6.45, 7) is 1.28. The van der Waals surface area contributed by atoms with Crippen LogP contribution in [0.25, 0.3) is 0 Å². The van der Waals surface area contributed by atoms with E-state index in [1.54, 1.807) is 18.2 Å². The summed E-state index contributed by atoms with van der Waals surface area (Å²) in [5.41, 5.74) is 0.614. The number of nitrogens with zero attached hydrogens (tertiary/aromatic N) is 4. The van der Waals surface area contributed by atoms with Crippen LogP contribution in [0.2, 0.25) is 0 Å². The number of sulfonamides is 1. The van der Waals surface area contributed by atoms with Gasteiger partial charge < -0.3 is 5.32 Å². The first-order valence-corrected chi connectivity index (χ1v) is 10.6. The number of anilines is 2. The van der Waals surface area contributed by atoms with Gasteiger partial charge in [-0.25, -0.2) is 13.4 Å². The number of thiazole rings is 1. The number of rotatable bonds is 7. The lowest BCUT2D eigenvalue weighted by atomic mass is 10.2. The lowest BCUT2D eigenvalue weighted by Gasteiger charge is -2.11. The minimum Gasteiger partial charge on any atom is -0.324 e. The molecule has 0 atom stereocenters. The van der Waals surface area contributed by atoms with E-state index in [2.05, 4.69) is 25.3 Å². The van der Waals surface area contributed by atoms with Gasteiger partial charge in [-0.05, 0) is 41.7 Å². The Morgan fingerprint density at radius 2 is 1.90 bits per heavy atom. The highest BCUT2D eigenvalue weighted by molar-refractivity contribution is 7.92. The molecule has 1 amide bonds. The Morgan fingerprint density at radius 1 is 1.17 bits per heavy atom. The van der Waals surface area contributed by atoms with E-state index in [4.69, 9.17) is 0 Å². The third-order valence-corrected chi connectivity index (χ3v) is 5.75. The average molecular weight is 446 g/mol. The maximum Gasteiger partial charge on any atom is 0.345 e. The Bertz CT molecular complexity index is 1220. The van der Waals surface area contributed by atoms with E-state index in [1.165, 1.54) is 37.3 Å². The van der Waals surface area contributed by atoms with E-state index < -0.39 is 20.9 Å². The van der Waals surface area contributed by atoms with Crippen molar-refractivity contribution in [3.05, 3.63) is 64.8 Å². The third-order valence-electron chi connectivity index (χ3n) is 3.52. The van der Waals surface area contributed by atoms with Gasteiger partial charge in [0.1, 0.15) is 11.9 Å². The topological polar surface area (TPSA) is 156 Å². The Kier molecular flexibility index (Phi) is 6.13. The summed E-state index contributed by atoms with van der Waals surface area (Å²) >= 11 is 0.739. The molecule has 0 spiro atoms. The molecule has 0 bridgehead atoms. The van der Waals surface area contributed by atoms with Crippen molar-refractivity contribution in [3.63, 3.8) is 0 Å². The Balaban J connectivity index is 1.88. The van der Waals surface area contributed by atoms with E-state index in [0.29, 0.717) is 0 Å². The molecule has 1 heterocycles. The first-order chi connectivity index (χ1) is 14.2. The van der Waals surface area contributed by atoms with E-state index in [0.717, 1.165) is 17.5 Å². The van der Waals surface area contributed by atoms with Crippen LogP contribution in [0, 0.1) is 10.1 Å². The lowest BCUT2D eigenvalue weighted by molar-refractivity contribution is -0.380. The summed E-state index contributed by atoms with van der Waals surface area (Å²) in [6.07, 6.45) is 1.06. The molecule has 0 aliphatic heterocycles. The van der Waals surface area contributed by atoms with Crippen LogP contribution in [0.15, 0.2) is 69.9 Å². The van der Waals surface area contributed by atoms with E-state index in [1.807, 2.05) is 0 Å². The van der Waals surface area contributed by atoms with Crippen molar-refractivity contribution in [2.24, 2.45) is 10.2 Å². The molecule has 2 aromatic carbocycles. The summed E-state index contributed by atoms with van der Waals surface area (Å²) < 4.78 is 27.4. The summed E-state index contributed by atoms with van der Waals surface area (Å²) in [5, 5.41) is 20.9. The van der Waals surface area contributed by atoms with Gasteiger partial charge >= 0.3 is 5.00 Å². The van der Waals surface area contributed by atoms with Gasteiger partial charge in [0.15, 0.2) is 0 Å². The number of amides is 1. The molecule has 0 saturated carbocycles. The van der Waals surface area contributed by atoms with Crippen LogP contribution in [0.1, 0.15) is 6.92 Å². The fourth-order valence-corrected chi connectivity index (χ4v) is 3.90. The predicted molar refractivity (Wildman–Crippen MR) is 111 cm³/mol. The average Bonchev–Trinajstić information content (AvgIpc) is 3.17. The summed E-state index contributed by atoms with van der Waals surface area (Å²) in [6, 6.07) is 12.1. The summed E-state index contributed by atoms with van der Waals surface area (Å²) in [7, 11) is -3.82. The van der Waals surface area contributed by atoms with Crippen LogP contribution in [0.5, 0.6) is 0 Å². The molecule has 11 nitrogen and oxygen atoms in total. The van der Waals surface area contributed by atoms with Crippen LogP contribution in [0.3, 0.4) is 0 Å². The standard InChI is InChI=1S/C17H14N6O5S2/c1-11(24)19-15-9-12(22-30(27,28)13-5-3-2-4-6-13)7-8-14(15)20-21-17-18-10-16(29-17)23(25)26/h2-10,22H,1H3,(H,19,24). The van der Waals surface area contributed by atoms with Gasteiger partial charge in [0.25, 0.3) is 10.0 Å². The predicted octanol–water partition coefficient (Wildman–Crippen LogP) is 4.23. The van der Waals surface area contributed by atoms with Crippen molar-refractivity contribution in [1.29, 1.82) is 0 Å². The van der Waals surface area contributed by atoms with Gasteiger partial charge in [-0.15, -0.1) is 10.2 Å². The molecule has 0 radical (unpaired) electrons. The molecule has 1 aromatic heterocycles. The van der Waals surface area contributed by atoms with Crippen LogP contribution < -0.4 is 10.0 Å². The van der Waals surface area contributed by atoms with Crippen molar-refractivity contribution >= 4 is 54.5 Å². The first-order valence-electron chi connectivity index (χ1n) is 8.26. The number of benzene rings is 2. The SMILES string of the molecule is CC(=O)Nc1cc(NS(=O)(=O)c2ccccc2)ccc1N=Nc1ncc([N+](=O)[O-])s1. The lowest BCUT2D eigenvalue weighted by Crippen LogP contribution is -2.13. The van der Waals surface area contributed by atoms with Gasteiger partial charge in [0.2, 0.25) is 11.0 Å². The molecular formula is C17H14N6O5S2. The molecule has 0 saturated heterocycles. The van der Waals surface area contributed by atoms with Crippen LogP contribution in [-0.2, 0) is 14.8 Å². The second-order valence-corrected chi connectivity index (χ2v) is 8.44. The normalized spacial score (nSPS) is 11.4. The van der Waals surface area contributed by atoms with Gasteiger partial charge in [-0.3, -0.25) is 19.6 Å². The summed E-state index contributed by atoms with van der Waals surface area (Å²) in [5.74, 6) is -0.403. The molecule has 154 valence electrons. The third kappa shape index (κ3) is 5.21. The van der Waals surface area contributed by atoms with Crippen molar-refractivity contribution in [3.8, 4) is 0 Å². The van der Waals surface area contributed by atoms with Crippen LogP contribution in [-0.4, -0.2) is 24.2 Å². The maximum atomic E-state index is 12.5.